The van der Waals surface area contributed by atoms with Gasteiger partial charge in [0.1, 0.15) is 5.82 Å². The average molecular weight is 833 g/mol. The molecule has 0 radical (unpaired) electrons. The fourth-order valence-corrected chi connectivity index (χ4v) is 9.03. The number of hydrogen-bond donors (Lipinski definition) is 1. The Morgan fingerprint density at radius 1 is 0.410 bits per heavy atom. The lowest BCUT2D eigenvalue weighted by molar-refractivity contribution is 0.258. The van der Waals surface area contributed by atoms with Crippen molar-refractivity contribution in [2.24, 2.45) is 0 Å². The second-order valence-electron chi connectivity index (χ2n) is 18.1. The molecule has 0 aliphatic rings. The van der Waals surface area contributed by atoms with E-state index in [1.54, 1.807) is 0 Å². The third-order valence-electron chi connectivity index (χ3n) is 12.8. The number of fused-ring (bicyclic) bond motifs is 6. The highest BCUT2D eigenvalue weighted by Gasteiger charge is 2.17. The zero-order chi connectivity index (χ0) is 42.4. The smallest absolute Gasteiger partial charge is 0.161 e. The second-order valence-corrected chi connectivity index (χ2v) is 18.1. The first-order valence-electron chi connectivity index (χ1n) is 25.7. The number of ether oxygens (including phenoxy) is 2. The van der Waals surface area contributed by atoms with E-state index in [1.807, 2.05) is 24.5 Å². The molecule has 0 amide bonds. The topological polar surface area (TPSA) is 72.9 Å². The maximum absolute atomic E-state index is 6.53. The van der Waals surface area contributed by atoms with Gasteiger partial charge in [0.25, 0.3) is 0 Å². The summed E-state index contributed by atoms with van der Waals surface area (Å²) >= 11 is 0. The van der Waals surface area contributed by atoms with Gasteiger partial charge in [0.05, 0.1) is 35.3 Å². The number of aromatic nitrogens is 4. The number of benzene rings is 2. The first-order chi connectivity index (χ1) is 30.3. The Morgan fingerprint density at radius 3 is 1.26 bits per heavy atom. The van der Waals surface area contributed by atoms with Gasteiger partial charge < -0.3 is 14.5 Å². The van der Waals surface area contributed by atoms with Crippen LogP contribution in [-0.4, -0.2) is 33.1 Å². The van der Waals surface area contributed by atoms with Gasteiger partial charge in [-0.3, -0.25) is 9.97 Å². The van der Waals surface area contributed by atoms with Crippen molar-refractivity contribution < 1.29 is 9.47 Å². The summed E-state index contributed by atoms with van der Waals surface area (Å²) in [4.78, 5) is 18.2. The fourth-order valence-electron chi connectivity index (χ4n) is 9.03. The van der Waals surface area contributed by atoms with Gasteiger partial charge in [-0.1, -0.05) is 206 Å². The first kappa shape index (κ1) is 48.4. The molecule has 336 valence electrons. The minimum absolute atomic E-state index is 0.698. The van der Waals surface area contributed by atoms with Gasteiger partial charge in [-0.25, -0.2) is 4.98 Å². The van der Waals surface area contributed by atoms with Crippen molar-refractivity contribution in [2.45, 2.75) is 219 Å². The van der Waals surface area contributed by atoms with Crippen LogP contribution in [0.4, 0.5) is 0 Å². The van der Waals surface area contributed by atoms with E-state index < -0.39 is 0 Å². The van der Waals surface area contributed by atoms with E-state index in [2.05, 4.69) is 49.2 Å². The number of nitrogens with zero attached hydrogens (tertiary/aromatic N) is 3. The van der Waals surface area contributed by atoms with E-state index in [9.17, 15) is 0 Å². The molecule has 6 heteroatoms. The van der Waals surface area contributed by atoms with Crippen molar-refractivity contribution in [2.75, 3.05) is 13.2 Å². The minimum atomic E-state index is 0.698. The van der Waals surface area contributed by atoms with Crippen molar-refractivity contribution in [3.8, 4) is 22.9 Å². The maximum Gasteiger partial charge on any atom is 0.161 e. The highest BCUT2D eigenvalue weighted by atomic mass is 16.5. The summed E-state index contributed by atoms with van der Waals surface area (Å²) < 4.78 is 13.0. The SMILES string of the molecule is CCCCCCCCCCCCCCCCCCOc1ccc(-c2nc3c4cccnc4c4ncccc4c3[nH]2)cc1OCCCCCCCCCCCCCCCCCC. The Balaban J connectivity index is 1.05. The van der Waals surface area contributed by atoms with Gasteiger partial charge in [-0.15, -0.1) is 0 Å². The minimum Gasteiger partial charge on any atom is -0.490 e. The number of hydrogen-bond acceptors (Lipinski definition) is 5. The lowest BCUT2D eigenvalue weighted by Crippen LogP contribution is -2.03. The standard InChI is InChI=1S/C55H84N4O2/c1-3-5-7-9-11-13-15-17-19-21-23-25-27-29-31-33-43-60-49-40-39-46(55-58-53-47-37-35-41-56-51(47)52-48(54(53)59-55)38-36-42-57-52)45-50(49)61-44-34-32-30-28-26-24-22-20-18-16-14-12-10-8-6-4-2/h35-42,45H,3-34,43-44H2,1-2H3,(H,58,59). The molecule has 3 aromatic heterocycles. The van der Waals surface area contributed by atoms with E-state index in [-0.39, 0.29) is 0 Å². The molecule has 5 rings (SSSR count). The lowest BCUT2D eigenvalue weighted by Gasteiger charge is -2.14. The number of pyridine rings is 2. The van der Waals surface area contributed by atoms with Crippen molar-refractivity contribution >= 4 is 32.8 Å². The molecule has 0 atom stereocenters. The summed E-state index contributed by atoms with van der Waals surface area (Å²) in [6.07, 6.45) is 47.4. The molecule has 5 aromatic rings. The van der Waals surface area contributed by atoms with E-state index in [1.165, 1.54) is 193 Å². The van der Waals surface area contributed by atoms with Crippen LogP contribution < -0.4 is 9.47 Å². The molecule has 3 heterocycles. The second kappa shape index (κ2) is 30.4. The maximum atomic E-state index is 6.53. The van der Waals surface area contributed by atoms with E-state index in [0.29, 0.717) is 6.61 Å². The van der Waals surface area contributed by atoms with E-state index in [0.717, 1.165) is 75.2 Å². The number of unbranched alkanes of at least 4 members (excludes halogenated alkanes) is 30. The number of nitrogens with one attached hydrogen (secondary N) is 1. The summed E-state index contributed by atoms with van der Waals surface area (Å²) in [6, 6.07) is 14.5. The molecule has 0 saturated heterocycles. The fraction of sp³-hybridized carbons (Fsp3) is 0.655. The Morgan fingerprint density at radius 2 is 0.803 bits per heavy atom. The number of rotatable bonds is 37. The summed E-state index contributed by atoms with van der Waals surface area (Å²) in [5, 5.41) is 2.03. The molecule has 0 unspecified atom stereocenters. The molecular weight excluding hydrogens is 749 g/mol. The molecule has 2 aromatic carbocycles. The van der Waals surface area contributed by atoms with Crippen LogP contribution in [0.5, 0.6) is 11.5 Å². The first-order valence-corrected chi connectivity index (χ1v) is 25.7. The normalized spacial score (nSPS) is 11.7. The van der Waals surface area contributed by atoms with Crippen LogP contribution in [0.15, 0.2) is 54.9 Å². The highest BCUT2D eigenvalue weighted by molar-refractivity contribution is 6.21. The van der Waals surface area contributed by atoms with Gasteiger partial charge >= 0.3 is 0 Å². The highest BCUT2D eigenvalue weighted by Crippen LogP contribution is 2.36. The van der Waals surface area contributed by atoms with Crippen LogP contribution in [0.1, 0.15) is 219 Å². The third kappa shape index (κ3) is 17.6. The molecule has 1 N–H and O–H groups in total. The van der Waals surface area contributed by atoms with E-state index in [4.69, 9.17) is 24.4 Å². The van der Waals surface area contributed by atoms with E-state index >= 15 is 0 Å². The van der Waals surface area contributed by atoms with Crippen LogP contribution in [0.2, 0.25) is 0 Å². The summed E-state index contributed by atoms with van der Waals surface area (Å²) in [5.41, 5.74) is 4.66. The molecule has 0 saturated carbocycles. The molecule has 61 heavy (non-hydrogen) atoms. The Bertz CT molecular complexity index is 1810. The molecule has 0 spiro atoms. The predicted octanol–water partition coefficient (Wildman–Crippen LogP) is 17.6. The van der Waals surface area contributed by atoms with Gasteiger partial charge in [-0.05, 0) is 55.3 Å². The van der Waals surface area contributed by atoms with Crippen molar-refractivity contribution in [3.63, 3.8) is 0 Å². The molecular formula is C55H84N4O2. The van der Waals surface area contributed by atoms with Crippen molar-refractivity contribution in [1.29, 1.82) is 0 Å². The summed E-state index contributed by atoms with van der Waals surface area (Å²) in [6.45, 7) is 6.01. The van der Waals surface area contributed by atoms with Crippen LogP contribution in [0.3, 0.4) is 0 Å². The largest absolute Gasteiger partial charge is 0.490 e. The number of H-pyrrole nitrogens is 1. The molecule has 0 bridgehead atoms. The zero-order valence-corrected chi connectivity index (χ0v) is 38.9. The average Bonchev–Trinajstić information content (AvgIpc) is 3.75. The van der Waals surface area contributed by atoms with Gasteiger partial charge in [-0.2, -0.15) is 0 Å². The van der Waals surface area contributed by atoms with Crippen LogP contribution in [0, 0.1) is 0 Å². The Labute approximate surface area is 371 Å². The van der Waals surface area contributed by atoms with Crippen LogP contribution >= 0.6 is 0 Å². The Hall–Kier alpha value is -3.67. The predicted molar refractivity (Wildman–Crippen MR) is 262 cm³/mol. The van der Waals surface area contributed by atoms with Crippen LogP contribution in [-0.2, 0) is 0 Å². The van der Waals surface area contributed by atoms with Gasteiger partial charge in [0.15, 0.2) is 11.5 Å². The number of imidazole rings is 1. The molecule has 0 aliphatic carbocycles. The Kier molecular flexibility index (Phi) is 24.1. The molecule has 0 aliphatic heterocycles. The van der Waals surface area contributed by atoms with Crippen molar-refractivity contribution in [3.05, 3.63) is 54.9 Å². The lowest BCUT2D eigenvalue weighted by atomic mass is 10.0. The number of aromatic amines is 1. The molecule has 0 fully saturated rings. The zero-order valence-electron chi connectivity index (χ0n) is 38.9. The van der Waals surface area contributed by atoms with Gasteiger partial charge in [0.2, 0.25) is 0 Å². The van der Waals surface area contributed by atoms with Crippen molar-refractivity contribution in [1.82, 2.24) is 19.9 Å². The van der Waals surface area contributed by atoms with Gasteiger partial charge in [0, 0.05) is 28.7 Å². The summed E-state index contributed by atoms with van der Waals surface area (Å²) in [5.74, 6) is 2.46. The quantitative estimate of drug-likeness (QED) is 0.0319. The monoisotopic (exact) mass is 833 g/mol. The third-order valence-corrected chi connectivity index (χ3v) is 12.8. The molecule has 6 nitrogen and oxygen atoms in total. The summed E-state index contributed by atoms with van der Waals surface area (Å²) in [7, 11) is 0. The van der Waals surface area contributed by atoms with Crippen LogP contribution in [0.25, 0.3) is 44.2 Å².